The van der Waals surface area contributed by atoms with E-state index in [9.17, 15) is 18.3 Å². The summed E-state index contributed by atoms with van der Waals surface area (Å²) in [6.07, 6.45) is 0. The summed E-state index contributed by atoms with van der Waals surface area (Å²) in [4.78, 5) is 11.5. The molecule has 23 heavy (non-hydrogen) atoms. The van der Waals surface area contributed by atoms with E-state index in [-0.39, 0.29) is 4.90 Å². The number of hydrogen-bond donors (Lipinski definition) is 1. The third-order valence-electron chi connectivity index (χ3n) is 3.14. The van der Waals surface area contributed by atoms with Crippen molar-refractivity contribution in [2.45, 2.75) is 17.9 Å². The molecule has 2 aromatic carbocycles. The van der Waals surface area contributed by atoms with Crippen LogP contribution in [0.3, 0.4) is 0 Å². The molecule has 1 unspecified atom stereocenters. The average Bonchev–Trinajstić information content (AvgIpc) is 2.47. The zero-order valence-electron chi connectivity index (χ0n) is 12.0. The van der Waals surface area contributed by atoms with Crippen LogP contribution < -0.4 is 4.31 Å². The smallest absolute Gasteiger partial charge is 0.327 e. The fraction of sp³-hybridized carbons (Fsp3) is 0.133. The minimum Gasteiger partial charge on any atom is -0.480 e. The Bertz CT molecular complexity index is 824. The highest BCUT2D eigenvalue weighted by atomic mass is 127. The lowest BCUT2D eigenvalue weighted by Crippen LogP contribution is -2.43. The van der Waals surface area contributed by atoms with Crippen molar-refractivity contribution in [2.75, 3.05) is 4.31 Å². The molecular weight excluding hydrogens is 497 g/mol. The number of carbonyl (C=O) groups is 1. The molecule has 0 spiro atoms. The second-order valence-electron chi connectivity index (χ2n) is 4.75. The SMILES string of the molecule is CC(C(=O)O)N(c1cccc(I)c1)S(=O)(=O)c1ccc(Br)cc1. The predicted molar refractivity (Wildman–Crippen MR) is 100 cm³/mol. The number of rotatable bonds is 5. The fourth-order valence-electron chi connectivity index (χ4n) is 2.00. The van der Waals surface area contributed by atoms with Crippen LogP contribution in [0.4, 0.5) is 5.69 Å². The number of halogens is 2. The Morgan fingerprint density at radius 2 is 1.83 bits per heavy atom. The monoisotopic (exact) mass is 509 g/mol. The van der Waals surface area contributed by atoms with Gasteiger partial charge in [-0.25, -0.2) is 13.2 Å². The van der Waals surface area contributed by atoms with Crippen LogP contribution in [0.15, 0.2) is 57.9 Å². The van der Waals surface area contributed by atoms with Crippen molar-refractivity contribution in [3.05, 3.63) is 56.6 Å². The molecule has 0 aliphatic heterocycles. The number of carboxylic acid groups (broad SMARTS) is 1. The van der Waals surface area contributed by atoms with Gasteiger partial charge in [0.15, 0.2) is 0 Å². The number of hydrogen-bond acceptors (Lipinski definition) is 3. The van der Waals surface area contributed by atoms with Gasteiger partial charge in [0.25, 0.3) is 10.0 Å². The van der Waals surface area contributed by atoms with E-state index in [2.05, 4.69) is 38.5 Å². The molecule has 8 heteroatoms. The third kappa shape index (κ3) is 4.04. The van der Waals surface area contributed by atoms with Gasteiger partial charge >= 0.3 is 5.97 Å². The summed E-state index contributed by atoms with van der Waals surface area (Å²) in [6.45, 7) is 1.35. The molecule has 0 aromatic heterocycles. The largest absolute Gasteiger partial charge is 0.480 e. The van der Waals surface area contributed by atoms with Crippen LogP contribution in [0.2, 0.25) is 0 Å². The highest BCUT2D eigenvalue weighted by molar-refractivity contribution is 14.1. The Morgan fingerprint density at radius 1 is 1.22 bits per heavy atom. The van der Waals surface area contributed by atoms with E-state index in [4.69, 9.17) is 0 Å². The first-order valence-corrected chi connectivity index (χ1v) is 9.83. The average molecular weight is 510 g/mol. The molecule has 5 nitrogen and oxygen atoms in total. The van der Waals surface area contributed by atoms with Crippen LogP contribution in [0.5, 0.6) is 0 Å². The van der Waals surface area contributed by atoms with Crippen molar-refractivity contribution in [2.24, 2.45) is 0 Å². The van der Waals surface area contributed by atoms with Crippen molar-refractivity contribution >= 4 is 60.2 Å². The van der Waals surface area contributed by atoms with Crippen molar-refractivity contribution in [1.29, 1.82) is 0 Å². The van der Waals surface area contributed by atoms with E-state index in [1.54, 1.807) is 36.4 Å². The molecule has 1 atom stereocenters. The third-order valence-corrected chi connectivity index (χ3v) is 6.25. The molecule has 1 N–H and O–H groups in total. The second-order valence-corrected chi connectivity index (χ2v) is 8.73. The summed E-state index contributed by atoms with van der Waals surface area (Å²) >= 11 is 5.30. The Balaban J connectivity index is 2.61. The number of anilines is 1. The Hall–Kier alpha value is -1.13. The Labute approximate surface area is 156 Å². The van der Waals surface area contributed by atoms with E-state index < -0.39 is 22.0 Å². The molecule has 2 rings (SSSR count). The first-order chi connectivity index (χ1) is 10.7. The van der Waals surface area contributed by atoms with Crippen molar-refractivity contribution in [1.82, 2.24) is 0 Å². The van der Waals surface area contributed by atoms with E-state index in [1.165, 1.54) is 19.1 Å². The van der Waals surface area contributed by atoms with Crippen molar-refractivity contribution in [3.8, 4) is 0 Å². The topological polar surface area (TPSA) is 74.7 Å². The number of aliphatic carboxylic acids is 1. The second kappa shape index (κ2) is 7.18. The molecule has 0 aliphatic carbocycles. The van der Waals surface area contributed by atoms with Crippen LogP contribution in [0.1, 0.15) is 6.92 Å². The van der Waals surface area contributed by atoms with Gasteiger partial charge in [0, 0.05) is 8.04 Å². The molecule has 0 bridgehead atoms. The van der Waals surface area contributed by atoms with E-state index in [0.717, 1.165) is 12.3 Å². The Kier molecular flexibility index (Phi) is 5.69. The molecular formula is C15H13BrINO4S. The molecule has 0 aliphatic rings. The Morgan fingerprint density at radius 3 is 2.35 bits per heavy atom. The lowest BCUT2D eigenvalue weighted by Gasteiger charge is -2.28. The fourth-order valence-corrected chi connectivity index (χ4v) is 4.40. The maximum atomic E-state index is 12.9. The quantitative estimate of drug-likeness (QED) is 0.623. The molecule has 0 saturated carbocycles. The van der Waals surface area contributed by atoms with Gasteiger partial charge in [0.2, 0.25) is 0 Å². The summed E-state index contributed by atoms with van der Waals surface area (Å²) < 4.78 is 28.4. The number of sulfonamides is 1. The normalized spacial score (nSPS) is 12.7. The molecule has 0 radical (unpaired) electrons. The van der Waals surface area contributed by atoms with Crippen LogP contribution >= 0.6 is 38.5 Å². The lowest BCUT2D eigenvalue weighted by atomic mass is 10.2. The van der Waals surface area contributed by atoms with E-state index in [0.29, 0.717) is 5.69 Å². The molecule has 0 heterocycles. The maximum absolute atomic E-state index is 12.9. The van der Waals surface area contributed by atoms with Gasteiger partial charge in [-0.05, 0) is 72.0 Å². The molecule has 122 valence electrons. The van der Waals surface area contributed by atoms with Crippen LogP contribution in [-0.4, -0.2) is 25.5 Å². The van der Waals surface area contributed by atoms with Gasteiger partial charge in [0.05, 0.1) is 10.6 Å². The summed E-state index contributed by atoms with van der Waals surface area (Å²) in [5.41, 5.74) is 0.315. The summed E-state index contributed by atoms with van der Waals surface area (Å²) in [5.74, 6) is -1.22. The van der Waals surface area contributed by atoms with Gasteiger partial charge in [-0.1, -0.05) is 22.0 Å². The summed E-state index contributed by atoms with van der Waals surface area (Å²) in [7, 11) is -4.00. The van der Waals surface area contributed by atoms with Crippen LogP contribution in [-0.2, 0) is 14.8 Å². The standard InChI is InChI=1S/C15H13BrINO4S/c1-10(15(19)20)18(13-4-2-3-12(17)9-13)23(21,22)14-7-5-11(16)6-8-14/h2-10H,1H3,(H,19,20). The van der Waals surface area contributed by atoms with E-state index in [1.807, 2.05) is 0 Å². The predicted octanol–water partition coefficient (Wildman–Crippen LogP) is 3.72. The van der Waals surface area contributed by atoms with Crippen LogP contribution in [0, 0.1) is 3.57 Å². The number of nitrogens with zero attached hydrogens (tertiary/aromatic N) is 1. The number of carboxylic acids is 1. The highest BCUT2D eigenvalue weighted by Crippen LogP contribution is 2.28. The molecule has 0 saturated heterocycles. The van der Waals surface area contributed by atoms with E-state index >= 15 is 0 Å². The maximum Gasteiger partial charge on any atom is 0.327 e. The molecule has 0 fully saturated rings. The van der Waals surface area contributed by atoms with Crippen LogP contribution in [0.25, 0.3) is 0 Å². The zero-order chi connectivity index (χ0) is 17.2. The zero-order valence-corrected chi connectivity index (χ0v) is 16.5. The lowest BCUT2D eigenvalue weighted by molar-refractivity contribution is -0.137. The first kappa shape index (κ1) is 18.2. The molecule has 2 aromatic rings. The minimum atomic E-state index is -4.00. The van der Waals surface area contributed by atoms with Crippen molar-refractivity contribution in [3.63, 3.8) is 0 Å². The molecule has 0 amide bonds. The minimum absolute atomic E-state index is 0.0349. The first-order valence-electron chi connectivity index (χ1n) is 6.52. The summed E-state index contributed by atoms with van der Waals surface area (Å²) in [5, 5.41) is 9.32. The highest BCUT2D eigenvalue weighted by Gasteiger charge is 2.33. The van der Waals surface area contributed by atoms with Gasteiger partial charge < -0.3 is 5.11 Å². The number of benzene rings is 2. The van der Waals surface area contributed by atoms with Gasteiger partial charge in [0.1, 0.15) is 6.04 Å². The summed E-state index contributed by atoms with van der Waals surface area (Å²) in [6, 6.07) is 11.6. The van der Waals surface area contributed by atoms with Gasteiger partial charge in [-0.15, -0.1) is 0 Å². The van der Waals surface area contributed by atoms with Gasteiger partial charge in [-0.2, -0.15) is 0 Å². The van der Waals surface area contributed by atoms with Crippen molar-refractivity contribution < 1.29 is 18.3 Å². The van der Waals surface area contributed by atoms with Gasteiger partial charge in [-0.3, -0.25) is 4.31 Å².